The summed E-state index contributed by atoms with van der Waals surface area (Å²) in [5.41, 5.74) is 6.13. The van der Waals surface area contributed by atoms with E-state index in [-0.39, 0.29) is 55.8 Å². The Balaban J connectivity index is 0.00000242. The number of carbonyl (C=O) groups excluding carboxylic acids is 2. The van der Waals surface area contributed by atoms with Crippen molar-refractivity contribution in [2.24, 2.45) is 5.73 Å². The predicted molar refractivity (Wildman–Crippen MR) is 97.5 cm³/mol. The summed E-state index contributed by atoms with van der Waals surface area (Å²) in [5, 5.41) is 6.24. The number of amides is 2. The molecule has 0 spiro atoms. The van der Waals surface area contributed by atoms with Crippen molar-refractivity contribution in [2.45, 2.75) is 19.4 Å². The number of aromatic nitrogens is 1. The van der Waals surface area contributed by atoms with Crippen molar-refractivity contribution in [1.82, 2.24) is 15.6 Å². The maximum absolute atomic E-state index is 11.7. The maximum atomic E-state index is 11.7. The number of halogens is 2. The standard InChI is InChI=1S/C14H18N4O2S.2ClH/c1-9(17-13(20)8-16-12(19)7-15)6-14-18-10-4-2-3-5-11(10)21-14;;/h2-5,9H,6-8,15H2,1H3,(H,16,19)(H,17,20);2*1H. The highest BCUT2D eigenvalue weighted by Gasteiger charge is 2.11. The van der Waals surface area contributed by atoms with Gasteiger partial charge in [0, 0.05) is 12.5 Å². The molecule has 1 atom stereocenters. The zero-order valence-corrected chi connectivity index (χ0v) is 15.0. The number of benzene rings is 1. The Bertz CT molecular complexity index is 617. The summed E-state index contributed by atoms with van der Waals surface area (Å²) in [4.78, 5) is 27.1. The molecule has 0 fully saturated rings. The van der Waals surface area contributed by atoms with Crippen LogP contribution in [0.4, 0.5) is 0 Å². The van der Waals surface area contributed by atoms with Gasteiger partial charge in [0.15, 0.2) is 0 Å². The van der Waals surface area contributed by atoms with E-state index in [1.807, 2.05) is 31.2 Å². The molecule has 2 amide bonds. The molecule has 0 aliphatic heterocycles. The second-order valence-corrected chi connectivity index (χ2v) is 5.84. The lowest BCUT2D eigenvalue weighted by Crippen LogP contribution is -2.43. The predicted octanol–water partition coefficient (Wildman–Crippen LogP) is 1.26. The molecule has 1 heterocycles. The lowest BCUT2D eigenvalue weighted by atomic mass is 10.2. The first kappa shape index (κ1) is 21.6. The van der Waals surface area contributed by atoms with Gasteiger partial charge in [0.2, 0.25) is 11.8 Å². The Morgan fingerprint density at radius 3 is 2.61 bits per heavy atom. The van der Waals surface area contributed by atoms with Crippen molar-refractivity contribution in [3.05, 3.63) is 29.3 Å². The third-order valence-electron chi connectivity index (χ3n) is 2.86. The largest absolute Gasteiger partial charge is 0.352 e. The number of carbonyl (C=O) groups is 2. The van der Waals surface area contributed by atoms with Crippen LogP contribution in [0.25, 0.3) is 10.2 Å². The van der Waals surface area contributed by atoms with Gasteiger partial charge in [-0.15, -0.1) is 36.2 Å². The Morgan fingerprint density at radius 1 is 1.26 bits per heavy atom. The quantitative estimate of drug-likeness (QED) is 0.704. The molecule has 1 aromatic heterocycles. The zero-order chi connectivity index (χ0) is 15.2. The molecule has 0 bridgehead atoms. The van der Waals surface area contributed by atoms with Crippen molar-refractivity contribution in [2.75, 3.05) is 13.1 Å². The summed E-state index contributed by atoms with van der Waals surface area (Å²) >= 11 is 1.63. The summed E-state index contributed by atoms with van der Waals surface area (Å²) < 4.78 is 1.14. The molecule has 9 heteroatoms. The van der Waals surface area contributed by atoms with Crippen molar-refractivity contribution in [3.63, 3.8) is 0 Å². The second-order valence-electron chi connectivity index (χ2n) is 4.73. The molecule has 0 aliphatic rings. The first-order valence-corrected chi connectivity index (χ1v) is 7.50. The highest BCUT2D eigenvalue weighted by molar-refractivity contribution is 7.18. The van der Waals surface area contributed by atoms with E-state index >= 15 is 0 Å². The fourth-order valence-electron chi connectivity index (χ4n) is 1.90. The van der Waals surface area contributed by atoms with Crippen molar-refractivity contribution >= 4 is 58.2 Å². The van der Waals surface area contributed by atoms with Crippen molar-refractivity contribution in [3.8, 4) is 0 Å². The number of hydrogen-bond donors (Lipinski definition) is 3. The number of nitrogens with two attached hydrogens (primary N) is 1. The summed E-state index contributed by atoms with van der Waals surface area (Å²) in [7, 11) is 0. The minimum atomic E-state index is -0.344. The first-order valence-electron chi connectivity index (χ1n) is 6.69. The van der Waals surface area contributed by atoms with E-state index in [9.17, 15) is 9.59 Å². The number of rotatable bonds is 6. The van der Waals surface area contributed by atoms with Gasteiger partial charge in [-0.1, -0.05) is 12.1 Å². The average molecular weight is 379 g/mol. The van der Waals surface area contributed by atoms with Gasteiger partial charge in [-0.2, -0.15) is 0 Å². The van der Waals surface area contributed by atoms with Gasteiger partial charge >= 0.3 is 0 Å². The minimum Gasteiger partial charge on any atom is -0.352 e. The lowest BCUT2D eigenvalue weighted by molar-refractivity contribution is -0.125. The molecular weight excluding hydrogens is 359 g/mol. The van der Waals surface area contributed by atoms with Crippen LogP contribution in [-0.2, 0) is 16.0 Å². The average Bonchev–Trinajstić information content (AvgIpc) is 2.86. The van der Waals surface area contributed by atoms with Crippen LogP contribution < -0.4 is 16.4 Å². The van der Waals surface area contributed by atoms with Gasteiger partial charge in [-0.25, -0.2) is 4.98 Å². The zero-order valence-electron chi connectivity index (χ0n) is 12.6. The van der Waals surface area contributed by atoms with E-state index in [0.29, 0.717) is 6.42 Å². The van der Waals surface area contributed by atoms with E-state index < -0.39 is 0 Å². The summed E-state index contributed by atoms with van der Waals surface area (Å²) in [6, 6.07) is 7.89. The van der Waals surface area contributed by atoms with Crippen molar-refractivity contribution < 1.29 is 9.59 Å². The molecule has 2 rings (SSSR count). The molecule has 128 valence electrons. The molecule has 23 heavy (non-hydrogen) atoms. The summed E-state index contributed by atoms with van der Waals surface area (Å²) in [5.74, 6) is -0.575. The van der Waals surface area contributed by atoms with Crippen LogP contribution in [0.3, 0.4) is 0 Å². The second kappa shape index (κ2) is 10.4. The normalized spacial score (nSPS) is 11.0. The molecule has 4 N–H and O–H groups in total. The molecule has 2 aromatic rings. The monoisotopic (exact) mass is 378 g/mol. The Labute approximate surface area is 151 Å². The number of thiazole rings is 1. The van der Waals surface area contributed by atoms with Crippen molar-refractivity contribution in [1.29, 1.82) is 0 Å². The number of fused-ring (bicyclic) bond motifs is 1. The Kier molecular flexibility index (Phi) is 9.74. The Morgan fingerprint density at radius 2 is 1.96 bits per heavy atom. The number of nitrogens with zero attached hydrogens (tertiary/aromatic N) is 1. The van der Waals surface area contributed by atoms with Crippen LogP contribution >= 0.6 is 36.2 Å². The number of nitrogens with one attached hydrogen (secondary N) is 2. The fourth-order valence-corrected chi connectivity index (χ4v) is 2.99. The number of para-hydroxylation sites is 1. The van der Waals surface area contributed by atoms with Crippen LogP contribution in [0.5, 0.6) is 0 Å². The van der Waals surface area contributed by atoms with Crippen LogP contribution in [0.2, 0.25) is 0 Å². The maximum Gasteiger partial charge on any atom is 0.239 e. The fraction of sp³-hybridized carbons (Fsp3) is 0.357. The molecule has 0 saturated carbocycles. The molecule has 0 aliphatic carbocycles. The lowest BCUT2D eigenvalue weighted by Gasteiger charge is -2.12. The first-order chi connectivity index (χ1) is 10.1. The summed E-state index contributed by atoms with van der Waals surface area (Å²) in [6.45, 7) is 1.74. The summed E-state index contributed by atoms with van der Waals surface area (Å²) in [6.07, 6.45) is 0.663. The topological polar surface area (TPSA) is 97.1 Å². The Hall–Kier alpha value is -1.41. The smallest absolute Gasteiger partial charge is 0.239 e. The highest BCUT2D eigenvalue weighted by Crippen LogP contribution is 2.22. The van der Waals surface area contributed by atoms with Gasteiger partial charge in [-0.3, -0.25) is 9.59 Å². The molecule has 0 saturated heterocycles. The van der Waals surface area contributed by atoms with E-state index in [4.69, 9.17) is 5.73 Å². The third kappa shape index (κ3) is 6.70. The van der Waals surface area contributed by atoms with Gasteiger partial charge in [0.25, 0.3) is 0 Å². The molecule has 0 radical (unpaired) electrons. The molecular formula is C14H20Cl2N4O2S. The van der Waals surface area contributed by atoms with Crippen LogP contribution in [-0.4, -0.2) is 35.9 Å². The number of hydrogen-bond acceptors (Lipinski definition) is 5. The van der Waals surface area contributed by atoms with Gasteiger partial charge in [-0.05, 0) is 19.1 Å². The van der Waals surface area contributed by atoms with E-state index in [2.05, 4.69) is 15.6 Å². The highest BCUT2D eigenvalue weighted by atomic mass is 35.5. The molecule has 1 aromatic carbocycles. The van der Waals surface area contributed by atoms with Gasteiger partial charge in [0.05, 0.1) is 28.3 Å². The third-order valence-corrected chi connectivity index (χ3v) is 3.92. The molecule has 6 nitrogen and oxygen atoms in total. The van der Waals surface area contributed by atoms with Gasteiger partial charge in [0.1, 0.15) is 0 Å². The van der Waals surface area contributed by atoms with Crippen LogP contribution in [0, 0.1) is 0 Å². The van der Waals surface area contributed by atoms with Crippen LogP contribution in [0.1, 0.15) is 11.9 Å². The van der Waals surface area contributed by atoms with E-state index in [0.717, 1.165) is 15.2 Å². The van der Waals surface area contributed by atoms with Gasteiger partial charge < -0.3 is 16.4 Å². The van der Waals surface area contributed by atoms with Crippen LogP contribution in [0.15, 0.2) is 24.3 Å². The minimum absolute atomic E-state index is 0. The molecule has 1 unspecified atom stereocenters. The SMILES string of the molecule is CC(Cc1nc2ccccc2s1)NC(=O)CNC(=O)CN.Cl.Cl. The van der Waals surface area contributed by atoms with E-state index in [1.54, 1.807) is 11.3 Å². The van der Waals surface area contributed by atoms with E-state index in [1.165, 1.54) is 0 Å².